The zero-order valence-corrected chi connectivity index (χ0v) is 16.0. The van der Waals surface area contributed by atoms with E-state index in [9.17, 15) is 4.79 Å². The quantitative estimate of drug-likeness (QED) is 0.715. The average molecular weight is 367 g/mol. The van der Waals surface area contributed by atoms with Gasteiger partial charge in [-0.05, 0) is 12.5 Å². The van der Waals surface area contributed by atoms with Gasteiger partial charge in [-0.2, -0.15) is 0 Å². The molecule has 2 aromatic rings. The molecule has 3 aliphatic heterocycles. The van der Waals surface area contributed by atoms with Crippen molar-refractivity contribution in [3.05, 3.63) is 46.9 Å². The maximum atomic E-state index is 12.6. The Bertz CT molecular complexity index is 872. The number of likely N-dealkylation sites (tertiary alicyclic amines) is 2. The van der Waals surface area contributed by atoms with Gasteiger partial charge in [0.25, 0.3) is 5.56 Å². The van der Waals surface area contributed by atoms with Gasteiger partial charge < -0.3 is 14.4 Å². The summed E-state index contributed by atoms with van der Waals surface area (Å²) >= 11 is 0. The van der Waals surface area contributed by atoms with Crippen LogP contribution in [-0.2, 0) is 6.54 Å². The molecule has 0 radical (unpaired) electrons. The van der Waals surface area contributed by atoms with Crippen LogP contribution >= 0.6 is 0 Å². The van der Waals surface area contributed by atoms with E-state index in [1.165, 1.54) is 44.6 Å². The molecule has 0 amide bonds. The topological polar surface area (TPSA) is 56.7 Å². The highest BCUT2D eigenvalue weighted by molar-refractivity contribution is 5.65. The maximum absolute atomic E-state index is 12.6. The van der Waals surface area contributed by atoms with E-state index in [1.54, 1.807) is 22.2 Å². The molecule has 142 valence electrons. The molecule has 3 atom stereocenters. The number of nitrogens with one attached hydrogen (secondary N) is 2. The summed E-state index contributed by atoms with van der Waals surface area (Å²) in [5.74, 6) is 1.09. The lowest BCUT2D eigenvalue weighted by molar-refractivity contribution is -0.959. The number of hydrogen-bond donors (Lipinski definition) is 2. The van der Waals surface area contributed by atoms with E-state index < -0.39 is 0 Å². The second-order valence-electron chi connectivity index (χ2n) is 8.80. The van der Waals surface area contributed by atoms with Crippen molar-refractivity contribution in [3.63, 3.8) is 0 Å². The molecule has 6 heteroatoms. The lowest BCUT2D eigenvalue weighted by Gasteiger charge is -2.44. The van der Waals surface area contributed by atoms with Crippen LogP contribution in [0.3, 0.4) is 0 Å². The Labute approximate surface area is 159 Å². The Kier molecular flexibility index (Phi) is 4.32. The summed E-state index contributed by atoms with van der Waals surface area (Å²) in [4.78, 5) is 24.5. The number of aromatic nitrogens is 3. The Morgan fingerprint density at radius 2 is 1.89 bits per heavy atom. The Morgan fingerprint density at radius 3 is 2.67 bits per heavy atom. The first kappa shape index (κ1) is 17.1. The minimum atomic E-state index is 0.145. The van der Waals surface area contributed by atoms with Gasteiger partial charge in [-0.1, -0.05) is 0 Å². The molecule has 3 aliphatic rings. The van der Waals surface area contributed by atoms with Gasteiger partial charge >= 0.3 is 0 Å². The van der Waals surface area contributed by atoms with E-state index in [1.807, 2.05) is 18.5 Å². The van der Waals surface area contributed by atoms with E-state index in [4.69, 9.17) is 0 Å². The first-order chi connectivity index (χ1) is 13.2. The van der Waals surface area contributed by atoms with Gasteiger partial charge in [-0.25, -0.2) is 9.97 Å². The van der Waals surface area contributed by atoms with Gasteiger partial charge in [0.2, 0.25) is 0 Å². The normalized spacial score (nSPS) is 32.7. The predicted octanol–water partition coefficient (Wildman–Crippen LogP) is -1.02. The van der Waals surface area contributed by atoms with Gasteiger partial charge in [0, 0.05) is 66.5 Å². The number of fused-ring (bicyclic) bond motifs is 4. The van der Waals surface area contributed by atoms with Crippen LogP contribution in [-0.4, -0.2) is 53.8 Å². The molecule has 0 saturated carbocycles. The van der Waals surface area contributed by atoms with E-state index in [-0.39, 0.29) is 5.56 Å². The third kappa shape index (κ3) is 3.11. The molecule has 1 unspecified atom stereocenters. The summed E-state index contributed by atoms with van der Waals surface area (Å²) in [6, 6.07) is 4.50. The van der Waals surface area contributed by atoms with Crippen LogP contribution in [0.5, 0.6) is 0 Å². The molecule has 5 heterocycles. The predicted molar refractivity (Wildman–Crippen MR) is 103 cm³/mol. The number of nitrogens with zero attached hydrogens (tertiary/aromatic N) is 3. The number of rotatable bonds is 2. The molecular weight excluding hydrogens is 338 g/mol. The van der Waals surface area contributed by atoms with Gasteiger partial charge in [0.05, 0.1) is 39.3 Å². The van der Waals surface area contributed by atoms with Crippen LogP contribution in [0.15, 0.2) is 35.6 Å². The lowest BCUT2D eigenvalue weighted by atomic mass is 9.80. The highest BCUT2D eigenvalue weighted by Gasteiger charge is 2.42. The van der Waals surface area contributed by atoms with Crippen LogP contribution in [0.2, 0.25) is 0 Å². The smallest absolute Gasteiger partial charge is 0.250 e. The molecular formula is C21H29N5O+2. The summed E-state index contributed by atoms with van der Waals surface area (Å²) in [5, 5.41) is 0. The van der Waals surface area contributed by atoms with Crippen molar-refractivity contribution in [1.29, 1.82) is 0 Å². The van der Waals surface area contributed by atoms with Gasteiger partial charge in [0.1, 0.15) is 6.33 Å². The first-order valence-electron chi connectivity index (χ1n) is 10.3. The minimum absolute atomic E-state index is 0.145. The first-order valence-corrected chi connectivity index (χ1v) is 10.3. The zero-order chi connectivity index (χ0) is 18.4. The van der Waals surface area contributed by atoms with Crippen molar-refractivity contribution >= 4 is 0 Å². The molecule has 6 nitrogen and oxygen atoms in total. The second-order valence-corrected chi connectivity index (χ2v) is 8.80. The van der Waals surface area contributed by atoms with Crippen molar-refractivity contribution in [2.24, 2.45) is 5.92 Å². The van der Waals surface area contributed by atoms with Crippen LogP contribution in [0, 0.1) is 5.92 Å². The van der Waals surface area contributed by atoms with Crippen LogP contribution in [0.4, 0.5) is 0 Å². The SMILES string of the molecule is C[NH+]1CCC([NH+]2C[C@@H]3C[C@H](C2)c2c(-c4cncnc4)ccc(=O)n2C3)CC1. The highest BCUT2D eigenvalue weighted by Crippen LogP contribution is 2.36. The van der Waals surface area contributed by atoms with E-state index >= 15 is 0 Å². The molecule has 2 aromatic heterocycles. The van der Waals surface area contributed by atoms with E-state index in [2.05, 4.69) is 21.6 Å². The van der Waals surface area contributed by atoms with E-state index in [0.29, 0.717) is 11.8 Å². The molecule has 27 heavy (non-hydrogen) atoms. The maximum Gasteiger partial charge on any atom is 0.250 e. The molecule has 0 aromatic carbocycles. The van der Waals surface area contributed by atoms with Crippen LogP contribution < -0.4 is 15.4 Å². The summed E-state index contributed by atoms with van der Waals surface area (Å²) in [6.07, 6.45) is 9.18. The Hall–Kier alpha value is -2.05. The summed E-state index contributed by atoms with van der Waals surface area (Å²) in [6.45, 7) is 5.85. The summed E-state index contributed by atoms with van der Waals surface area (Å²) in [5.41, 5.74) is 3.54. The van der Waals surface area contributed by atoms with Crippen LogP contribution in [0.25, 0.3) is 11.1 Å². The second kappa shape index (κ2) is 6.84. The van der Waals surface area contributed by atoms with Crippen molar-refractivity contribution < 1.29 is 9.80 Å². The van der Waals surface area contributed by atoms with E-state index in [0.717, 1.165) is 30.3 Å². The Morgan fingerprint density at radius 1 is 1.11 bits per heavy atom. The molecule has 5 rings (SSSR count). The molecule has 2 N–H and O–H groups in total. The third-order valence-corrected chi connectivity index (χ3v) is 7.02. The molecule has 2 bridgehead atoms. The average Bonchev–Trinajstić information content (AvgIpc) is 2.70. The number of pyridine rings is 1. The fourth-order valence-electron chi connectivity index (χ4n) is 5.70. The van der Waals surface area contributed by atoms with Gasteiger partial charge in [-0.15, -0.1) is 0 Å². The summed E-state index contributed by atoms with van der Waals surface area (Å²) < 4.78 is 2.05. The van der Waals surface area contributed by atoms with Crippen LogP contribution in [0.1, 0.15) is 30.9 Å². The number of quaternary nitrogens is 2. The van der Waals surface area contributed by atoms with Gasteiger partial charge in [-0.3, -0.25) is 4.79 Å². The van der Waals surface area contributed by atoms with Crippen molar-refractivity contribution in [1.82, 2.24) is 14.5 Å². The summed E-state index contributed by atoms with van der Waals surface area (Å²) in [7, 11) is 2.31. The Balaban J connectivity index is 1.50. The fraction of sp³-hybridized carbons (Fsp3) is 0.571. The van der Waals surface area contributed by atoms with Crippen molar-refractivity contribution in [2.75, 3.05) is 33.2 Å². The third-order valence-electron chi connectivity index (χ3n) is 7.02. The number of hydrogen-bond acceptors (Lipinski definition) is 3. The van der Waals surface area contributed by atoms with Crippen molar-refractivity contribution in [2.45, 2.75) is 37.8 Å². The zero-order valence-electron chi connectivity index (χ0n) is 16.0. The lowest BCUT2D eigenvalue weighted by Crippen LogP contribution is -3.21. The largest absolute Gasteiger partial charge is 0.337 e. The fourth-order valence-corrected chi connectivity index (χ4v) is 5.70. The molecule has 0 aliphatic carbocycles. The standard InChI is InChI=1S/C21H27N5O/c1-24-6-4-18(5-7-24)25-11-15-8-16(13-25)21-19(17-9-22-14-23-10-17)2-3-20(27)26(21)12-15/h2-3,9-10,14-16,18H,4-8,11-13H2,1H3/p+2/t15-,16+/m0/s1. The minimum Gasteiger partial charge on any atom is -0.337 e. The molecule has 0 spiro atoms. The van der Waals surface area contributed by atoms with Gasteiger partial charge in [0.15, 0.2) is 0 Å². The monoisotopic (exact) mass is 367 g/mol. The molecule has 2 fully saturated rings. The van der Waals surface area contributed by atoms with Crippen molar-refractivity contribution in [3.8, 4) is 11.1 Å². The molecule has 2 saturated heterocycles. The highest BCUT2D eigenvalue weighted by atomic mass is 16.1. The number of piperidine rings is 2.